The van der Waals surface area contributed by atoms with E-state index < -0.39 is 5.97 Å². The molecule has 0 fully saturated rings. The van der Waals surface area contributed by atoms with Crippen LogP contribution >= 0.6 is 0 Å². The van der Waals surface area contributed by atoms with Gasteiger partial charge in [-0.1, -0.05) is 30.3 Å². The molecule has 1 unspecified atom stereocenters. The molecule has 1 rings (SSSR count). The highest BCUT2D eigenvalue weighted by Gasteiger charge is 2.18. The molecule has 0 saturated carbocycles. The van der Waals surface area contributed by atoms with Crippen LogP contribution in [-0.2, 0) is 14.3 Å². The van der Waals surface area contributed by atoms with E-state index >= 15 is 0 Å². The van der Waals surface area contributed by atoms with E-state index in [1.54, 1.807) is 0 Å². The van der Waals surface area contributed by atoms with E-state index in [1.807, 2.05) is 51.1 Å². The monoisotopic (exact) mass is 293 g/mol. The highest BCUT2D eigenvalue weighted by molar-refractivity contribution is 5.77. The first kappa shape index (κ1) is 17.2. The van der Waals surface area contributed by atoms with E-state index in [1.165, 1.54) is 0 Å². The zero-order valence-electron chi connectivity index (χ0n) is 12.8. The molecule has 0 heterocycles. The third-order valence-electron chi connectivity index (χ3n) is 2.82. The van der Waals surface area contributed by atoms with Gasteiger partial charge in [-0.05, 0) is 32.8 Å². The topological polar surface area (TPSA) is 75.6 Å². The Morgan fingerprint density at radius 2 is 1.86 bits per heavy atom. The third kappa shape index (κ3) is 7.46. The molecule has 5 nitrogen and oxygen atoms in total. The second-order valence-corrected chi connectivity index (χ2v) is 5.86. The summed E-state index contributed by atoms with van der Waals surface area (Å²) in [5, 5.41) is 11.7. The summed E-state index contributed by atoms with van der Waals surface area (Å²) < 4.78 is 5.43. The molecule has 0 aliphatic rings. The van der Waals surface area contributed by atoms with E-state index in [2.05, 4.69) is 5.32 Å². The number of aliphatic carboxylic acids is 1. The predicted octanol–water partition coefficient (Wildman–Crippen LogP) is 2.52. The Labute approximate surface area is 125 Å². The number of rotatable bonds is 7. The van der Waals surface area contributed by atoms with Gasteiger partial charge < -0.3 is 15.2 Å². The van der Waals surface area contributed by atoms with Gasteiger partial charge in [-0.15, -0.1) is 0 Å². The van der Waals surface area contributed by atoms with Crippen LogP contribution in [0.2, 0.25) is 0 Å². The Morgan fingerprint density at radius 1 is 1.24 bits per heavy atom. The Bertz CT molecular complexity index is 465. The van der Waals surface area contributed by atoms with Crippen molar-refractivity contribution in [1.82, 2.24) is 5.32 Å². The fourth-order valence-corrected chi connectivity index (χ4v) is 1.79. The van der Waals surface area contributed by atoms with Gasteiger partial charge in [0.15, 0.2) is 0 Å². The molecule has 116 valence electrons. The number of carboxylic acid groups (broad SMARTS) is 1. The number of amides is 1. The number of benzene rings is 1. The third-order valence-corrected chi connectivity index (χ3v) is 2.82. The Balaban J connectivity index is 2.64. The molecular weight excluding hydrogens is 270 g/mol. The molecule has 0 radical (unpaired) electrons. The zero-order chi connectivity index (χ0) is 15.9. The molecule has 0 aliphatic heterocycles. The van der Waals surface area contributed by atoms with Crippen molar-refractivity contribution in [3.63, 3.8) is 0 Å². The zero-order valence-corrected chi connectivity index (χ0v) is 12.8. The maximum atomic E-state index is 11.9. The minimum atomic E-state index is -0.879. The summed E-state index contributed by atoms with van der Waals surface area (Å²) >= 11 is 0. The van der Waals surface area contributed by atoms with Crippen LogP contribution in [0.4, 0.5) is 0 Å². The fourth-order valence-electron chi connectivity index (χ4n) is 1.79. The lowest BCUT2D eigenvalue weighted by Crippen LogP contribution is -2.34. The standard InChI is InChI=1S/C16H23NO4/c1-16(2,3)21-11-14(18)17-13(9-10-15(19)20)12-7-5-4-6-8-12/h4-8,13H,9-11H2,1-3H3,(H,17,18)(H,19,20). The lowest BCUT2D eigenvalue weighted by atomic mass is 10.0. The largest absolute Gasteiger partial charge is 0.481 e. The molecule has 1 aromatic rings. The Morgan fingerprint density at radius 3 is 2.38 bits per heavy atom. The maximum absolute atomic E-state index is 11.9. The van der Waals surface area contributed by atoms with Gasteiger partial charge in [0.25, 0.3) is 0 Å². The van der Waals surface area contributed by atoms with Crippen LogP contribution in [0.3, 0.4) is 0 Å². The van der Waals surface area contributed by atoms with Gasteiger partial charge in [0.1, 0.15) is 6.61 Å². The lowest BCUT2D eigenvalue weighted by Gasteiger charge is -2.22. The number of carbonyl (C=O) groups is 2. The van der Waals surface area contributed by atoms with Crippen LogP contribution < -0.4 is 5.32 Å². The van der Waals surface area contributed by atoms with Gasteiger partial charge in [0.2, 0.25) is 5.91 Å². The number of hydrogen-bond donors (Lipinski definition) is 2. The van der Waals surface area contributed by atoms with E-state index in [0.717, 1.165) is 5.56 Å². The molecule has 0 bridgehead atoms. The van der Waals surface area contributed by atoms with Crippen LogP contribution in [-0.4, -0.2) is 29.2 Å². The van der Waals surface area contributed by atoms with Crippen LogP contribution in [0.5, 0.6) is 0 Å². The normalized spacial score (nSPS) is 12.7. The molecule has 1 amide bonds. The summed E-state index contributed by atoms with van der Waals surface area (Å²) in [6.07, 6.45) is 0.348. The SMILES string of the molecule is CC(C)(C)OCC(=O)NC(CCC(=O)O)c1ccccc1. The van der Waals surface area contributed by atoms with Crippen LogP contribution in [0.25, 0.3) is 0 Å². The quantitative estimate of drug-likeness (QED) is 0.810. The van der Waals surface area contributed by atoms with Crippen molar-refractivity contribution in [1.29, 1.82) is 0 Å². The summed E-state index contributed by atoms with van der Waals surface area (Å²) in [7, 11) is 0. The molecule has 0 saturated heterocycles. The van der Waals surface area contributed by atoms with Crippen LogP contribution in [0, 0.1) is 0 Å². The molecule has 0 aromatic heterocycles. The average Bonchev–Trinajstić information content (AvgIpc) is 2.41. The van der Waals surface area contributed by atoms with Crippen LogP contribution in [0.15, 0.2) is 30.3 Å². The van der Waals surface area contributed by atoms with Crippen molar-refractivity contribution >= 4 is 11.9 Å². The average molecular weight is 293 g/mol. The highest BCUT2D eigenvalue weighted by Crippen LogP contribution is 2.18. The molecule has 21 heavy (non-hydrogen) atoms. The smallest absolute Gasteiger partial charge is 0.303 e. The van der Waals surface area contributed by atoms with Gasteiger partial charge in [0.05, 0.1) is 11.6 Å². The van der Waals surface area contributed by atoms with E-state index in [9.17, 15) is 9.59 Å². The molecule has 1 aromatic carbocycles. The number of hydrogen-bond acceptors (Lipinski definition) is 3. The highest BCUT2D eigenvalue weighted by atomic mass is 16.5. The molecule has 2 N–H and O–H groups in total. The van der Waals surface area contributed by atoms with Crippen LogP contribution in [0.1, 0.15) is 45.2 Å². The molecule has 0 aliphatic carbocycles. The van der Waals surface area contributed by atoms with Gasteiger partial charge in [-0.3, -0.25) is 9.59 Å². The summed E-state index contributed by atoms with van der Waals surface area (Å²) in [6, 6.07) is 9.03. The van der Waals surface area contributed by atoms with Crippen molar-refractivity contribution in [2.45, 2.75) is 45.3 Å². The van der Waals surface area contributed by atoms with Crippen molar-refractivity contribution in [3.8, 4) is 0 Å². The summed E-state index contributed by atoms with van der Waals surface area (Å²) in [5.41, 5.74) is 0.503. The molecule has 5 heteroatoms. The van der Waals surface area contributed by atoms with Gasteiger partial charge in [-0.25, -0.2) is 0 Å². The van der Waals surface area contributed by atoms with Crippen molar-refractivity contribution in [2.24, 2.45) is 0 Å². The van der Waals surface area contributed by atoms with E-state index in [4.69, 9.17) is 9.84 Å². The summed E-state index contributed by atoms with van der Waals surface area (Å²) in [4.78, 5) is 22.7. The van der Waals surface area contributed by atoms with Gasteiger partial charge in [0, 0.05) is 6.42 Å². The summed E-state index contributed by atoms with van der Waals surface area (Å²) in [6.45, 7) is 5.58. The lowest BCUT2D eigenvalue weighted by molar-refractivity contribution is -0.138. The van der Waals surface area contributed by atoms with Crippen molar-refractivity contribution < 1.29 is 19.4 Å². The minimum absolute atomic E-state index is 0.0000308. The minimum Gasteiger partial charge on any atom is -0.481 e. The first-order valence-corrected chi connectivity index (χ1v) is 6.98. The second kappa shape index (κ2) is 7.78. The molecule has 1 atom stereocenters. The first-order chi connectivity index (χ1) is 9.78. The number of carbonyl (C=O) groups excluding carboxylic acids is 1. The summed E-state index contributed by atoms with van der Waals surface area (Å²) in [5.74, 6) is -1.12. The van der Waals surface area contributed by atoms with Crippen molar-refractivity contribution in [3.05, 3.63) is 35.9 Å². The maximum Gasteiger partial charge on any atom is 0.303 e. The van der Waals surface area contributed by atoms with E-state index in [0.29, 0.717) is 6.42 Å². The second-order valence-electron chi connectivity index (χ2n) is 5.86. The molecule has 0 spiro atoms. The Hall–Kier alpha value is -1.88. The molecular formula is C16H23NO4. The predicted molar refractivity (Wildman–Crippen MR) is 79.9 cm³/mol. The number of carboxylic acids is 1. The van der Waals surface area contributed by atoms with Gasteiger partial charge in [-0.2, -0.15) is 0 Å². The fraction of sp³-hybridized carbons (Fsp3) is 0.500. The van der Waals surface area contributed by atoms with Crippen molar-refractivity contribution in [2.75, 3.05) is 6.61 Å². The first-order valence-electron chi connectivity index (χ1n) is 6.98. The van der Waals surface area contributed by atoms with Gasteiger partial charge >= 0.3 is 5.97 Å². The Kier molecular flexibility index (Phi) is 6.37. The number of nitrogens with one attached hydrogen (secondary N) is 1. The van der Waals surface area contributed by atoms with E-state index in [-0.39, 0.29) is 30.6 Å². The number of ether oxygens (including phenoxy) is 1.